The highest BCUT2D eigenvalue weighted by atomic mass is 16.5. The second-order valence-corrected chi connectivity index (χ2v) is 8.23. The van der Waals surface area contributed by atoms with Crippen LogP contribution in [-0.2, 0) is 16.1 Å². The molecule has 4 rings (SSSR count). The Balaban J connectivity index is 1.41. The average Bonchev–Trinajstić information content (AvgIpc) is 3.00. The summed E-state index contributed by atoms with van der Waals surface area (Å²) in [5, 5.41) is 0. The van der Waals surface area contributed by atoms with Crippen molar-refractivity contribution in [2.24, 2.45) is 0 Å². The van der Waals surface area contributed by atoms with Crippen molar-refractivity contribution in [2.75, 3.05) is 13.1 Å². The number of esters is 1. The number of hydrogen-bond donors (Lipinski definition) is 0. The molecule has 2 aliphatic heterocycles. The first kappa shape index (κ1) is 21.7. The van der Waals surface area contributed by atoms with Crippen molar-refractivity contribution in [2.45, 2.75) is 45.3 Å². The van der Waals surface area contributed by atoms with Crippen LogP contribution in [0.25, 0.3) is 0 Å². The fourth-order valence-electron chi connectivity index (χ4n) is 4.19. The Labute approximate surface area is 187 Å². The van der Waals surface area contributed by atoms with E-state index in [9.17, 15) is 19.2 Å². The zero-order chi connectivity index (χ0) is 22.7. The second kappa shape index (κ2) is 9.34. The summed E-state index contributed by atoms with van der Waals surface area (Å²) in [6.45, 7) is 3.02. The van der Waals surface area contributed by atoms with E-state index in [-0.39, 0.29) is 29.8 Å². The van der Waals surface area contributed by atoms with E-state index >= 15 is 0 Å². The predicted octanol–water partition coefficient (Wildman–Crippen LogP) is 3.43. The number of imide groups is 1. The Bertz CT molecular complexity index is 1020. The van der Waals surface area contributed by atoms with E-state index in [2.05, 4.69) is 0 Å². The lowest BCUT2D eigenvalue weighted by Gasteiger charge is -2.24. The van der Waals surface area contributed by atoms with Crippen molar-refractivity contribution in [3.8, 4) is 0 Å². The summed E-state index contributed by atoms with van der Waals surface area (Å²) in [4.78, 5) is 53.5. The highest BCUT2D eigenvalue weighted by molar-refractivity contribution is 6.21. The van der Waals surface area contributed by atoms with Crippen molar-refractivity contribution < 1.29 is 23.9 Å². The van der Waals surface area contributed by atoms with Gasteiger partial charge in [-0.25, -0.2) is 4.79 Å². The standard InChI is InChI=1S/C25H26N2O5/c1-17(22(28)26-13-6-2-3-7-14-26)32-25(31)19-10-8-9-18(15-19)16-27-23(29)20-11-4-5-12-21(20)24(27)30/h4-5,8-12,15,17H,2-3,6-7,13-14,16H2,1H3/t17-/m0/s1. The van der Waals surface area contributed by atoms with Gasteiger partial charge in [0, 0.05) is 13.1 Å². The molecule has 7 nitrogen and oxygen atoms in total. The first-order valence-corrected chi connectivity index (χ1v) is 11.0. The van der Waals surface area contributed by atoms with Gasteiger partial charge in [0.1, 0.15) is 0 Å². The number of nitrogens with zero attached hydrogens (tertiary/aromatic N) is 2. The minimum atomic E-state index is -0.875. The fourth-order valence-corrected chi connectivity index (χ4v) is 4.19. The first-order valence-electron chi connectivity index (χ1n) is 11.0. The van der Waals surface area contributed by atoms with Crippen molar-refractivity contribution in [3.05, 3.63) is 70.8 Å². The molecule has 0 N–H and O–H groups in total. The number of hydrogen-bond acceptors (Lipinski definition) is 5. The van der Waals surface area contributed by atoms with Crippen LogP contribution in [0.15, 0.2) is 48.5 Å². The summed E-state index contributed by atoms with van der Waals surface area (Å²) in [5.74, 6) is -1.49. The Morgan fingerprint density at radius 3 is 2.16 bits per heavy atom. The number of carbonyl (C=O) groups excluding carboxylic acids is 4. The molecule has 0 aromatic heterocycles. The maximum atomic E-state index is 12.7. The molecule has 0 spiro atoms. The van der Waals surface area contributed by atoms with Gasteiger partial charge in [-0.05, 0) is 49.6 Å². The Morgan fingerprint density at radius 2 is 1.53 bits per heavy atom. The first-order chi connectivity index (χ1) is 15.5. The summed E-state index contributed by atoms with van der Waals surface area (Å²) in [6, 6.07) is 13.3. The molecular formula is C25H26N2O5. The molecule has 0 bridgehead atoms. The van der Waals surface area contributed by atoms with Gasteiger partial charge in [-0.15, -0.1) is 0 Å². The summed E-state index contributed by atoms with van der Waals surface area (Å²) in [5.41, 5.74) is 1.66. The average molecular weight is 434 g/mol. The van der Waals surface area contributed by atoms with Crippen molar-refractivity contribution in [1.29, 1.82) is 0 Å². The lowest BCUT2D eigenvalue weighted by molar-refractivity contribution is -0.139. The molecule has 2 aromatic rings. The quantitative estimate of drug-likeness (QED) is 0.532. The van der Waals surface area contributed by atoms with Crippen LogP contribution >= 0.6 is 0 Å². The number of rotatable bonds is 5. The van der Waals surface area contributed by atoms with E-state index in [4.69, 9.17) is 4.74 Å². The molecule has 0 aliphatic carbocycles. The molecule has 0 radical (unpaired) electrons. The van der Waals surface area contributed by atoms with Crippen molar-refractivity contribution in [3.63, 3.8) is 0 Å². The van der Waals surface area contributed by atoms with Gasteiger partial charge in [0.2, 0.25) is 0 Å². The van der Waals surface area contributed by atoms with Gasteiger partial charge in [-0.1, -0.05) is 37.1 Å². The number of fused-ring (bicyclic) bond motifs is 1. The summed E-state index contributed by atoms with van der Waals surface area (Å²) in [7, 11) is 0. The van der Waals surface area contributed by atoms with Gasteiger partial charge >= 0.3 is 5.97 Å². The molecule has 32 heavy (non-hydrogen) atoms. The molecule has 1 fully saturated rings. The van der Waals surface area contributed by atoms with E-state index in [0.29, 0.717) is 29.8 Å². The van der Waals surface area contributed by atoms with Gasteiger partial charge in [-0.3, -0.25) is 19.3 Å². The van der Waals surface area contributed by atoms with Crippen LogP contribution in [0.2, 0.25) is 0 Å². The van der Waals surface area contributed by atoms with Gasteiger partial charge in [0.05, 0.1) is 23.2 Å². The molecule has 0 unspecified atom stereocenters. The van der Waals surface area contributed by atoms with Crippen LogP contribution in [0.4, 0.5) is 0 Å². The van der Waals surface area contributed by atoms with Crippen LogP contribution in [-0.4, -0.2) is 52.7 Å². The number of carbonyl (C=O) groups is 4. The second-order valence-electron chi connectivity index (χ2n) is 8.23. The molecule has 166 valence electrons. The summed E-state index contributed by atoms with van der Waals surface area (Å²) in [6.07, 6.45) is 3.27. The topological polar surface area (TPSA) is 84.0 Å². The van der Waals surface area contributed by atoms with Gasteiger partial charge in [0.15, 0.2) is 6.10 Å². The highest BCUT2D eigenvalue weighted by Gasteiger charge is 2.35. The molecule has 3 amide bonds. The van der Waals surface area contributed by atoms with E-state index in [0.717, 1.165) is 25.7 Å². The largest absolute Gasteiger partial charge is 0.449 e. The Kier molecular flexibility index (Phi) is 6.35. The smallest absolute Gasteiger partial charge is 0.338 e. The van der Waals surface area contributed by atoms with E-state index < -0.39 is 12.1 Å². The molecule has 0 saturated carbocycles. The van der Waals surface area contributed by atoms with E-state index in [1.54, 1.807) is 60.4 Å². The van der Waals surface area contributed by atoms with Crippen LogP contribution in [0.5, 0.6) is 0 Å². The number of likely N-dealkylation sites (tertiary alicyclic amines) is 1. The van der Waals surface area contributed by atoms with Crippen LogP contribution in [0.3, 0.4) is 0 Å². The zero-order valence-electron chi connectivity index (χ0n) is 18.1. The third-order valence-electron chi connectivity index (χ3n) is 5.93. The van der Waals surface area contributed by atoms with E-state index in [1.807, 2.05) is 0 Å². The van der Waals surface area contributed by atoms with E-state index in [1.165, 1.54) is 4.90 Å². The normalized spacial score (nSPS) is 17.0. The third-order valence-corrected chi connectivity index (χ3v) is 5.93. The lowest BCUT2D eigenvalue weighted by atomic mass is 10.1. The minimum Gasteiger partial charge on any atom is -0.449 e. The number of amides is 3. The number of benzene rings is 2. The van der Waals surface area contributed by atoms with Crippen LogP contribution < -0.4 is 0 Å². The van der Waals surface area contributed by atoms with Gasteiger partial charge < -0.3 is 9.64 Å². The monoisotopic (exact) mass is 434 g/mol. The maximum absolute atomic E-state index is 12.7. The molecule has 2 heterocycles. The molecular weight excluding hydrogens is 408 g/mol. The zero-order valence-corrected chi connectivity index (χ0v) is 18.1. The third kappa shape index (κ3) is 4.42. The lowest BCUT2D eigenvalue weighted by Crippen LogP contribution is -2.40. The molecule has 1 atom stereocenters. The SMILES string of the molecule is C[C@H](OC(=O)c1cccc(CN2C(=O)c3ccccc3C2=O)c1)C(=O)N1CCCCCC1. The van der Waals surface area contributed by atoms with Crippen molar-refractivity contribution >= 4 is 23.7 Å². The molecule has 1 saturated heterocycles. The number of ether oxygens (including phenoxy) is 1. The van der Waals surface area contributed by atoms with Gasteiger partial charge in [0.25, 0.3) is 17.7 Å². The van der Waals surface area contributed by atoms with Crippen LogP contribution in [0.1, 0.15) is 69.2 Å². The maximum Gasteiger partial charge on any atom is 0.338 e. The fraction of sp³-hybridized carbons (Fsp3) is 0.360. The Morgan fingerprint density at radius 1 is 0.906 bits per heavy atom. The highest BCUT2D eigenvalue weighted by Crippen LogP contribution is 2.24. The minimum absolute atomic E-state index is 0.0513. The predicted molar refractivity (Wildman–Crippen MR) is 117 cm³/mol. The van der Waals surface area contributed by atoms with Gasteiger partial charge in [-0.2, -0.15) is 0 Å². The Hall–Kier alpha value is -3.48. The summed E-state index contributed by atoms with van der Waals surface area (Å²) >= 11 is 0. The summed E-state index contributed by atoms with van der Waals surface area (Å²) < 4.78 is 5.43. The molecule has 2 aromatic carbocycles. The van der Waals surface area contributed by atoms with Crippen LogP contribution in [0, 0.1) is 0 Å². The molecule has 7 heteroatoms. The van der Waals surface area contributed by atoms with Crippen molar-refractivity contribution in [1.82, 2.24) is 9.80 Å². The molecule has 2 aliphatic rings.